The van der Waals surface area contributed by atoms with Gasteiger partial charge < -0.3 is 25.4 Å². The molecular weight excluding hydrogens is 513 g/mol. The van der Waals surface area contributed by atoms with Crippen LogP contribution < -0.4 is 10.6 Å². The molecule has 0 bridgehead atoms. The van der Waals surface area contributed by atoms with Crippen molar-refractivity contribution in [2.45, 2.75) is 51.7 Å². The number of pyridine rings is 2. The van der Waals surface area contributed by atoms with E-state index in [1.54, 1.807) is 17.0 Å². The Morgan fingerprint density at radius 3 is 2.48 bits per heavy atom. The van der Waals surface area contributed by atoms with Gasteiger partial charge >= 0.3 is 12.1 Å². The quantitative estimate of drug-likeness (QED) is 0.304. The third-order valence-electron chi connectivity index (χ3n) is 6.25. The van der Waals surface area contributed by atoms with Crippen LogP contribution in [0.15, 0.2) is 54.9 Å². The van der Waals surface area contributed by atoms with Gasteiger partial charge in [0, 0.05) is 48.4 Å². The summed E-state index contributed by atoms with van der Waals surface area (Å²) in [6.07, 6.45) is 4.17. The molecule has 1 fully saturated rings. The fourth-order valence-electron chi connectivity index (χ4n) is 4.26. The Bertz CT molecular complexity index is 1420. The first-order chi connectivity index (χ1) is 19.1. The first-order valence-corrected chi connectivity index (χ1v) is 13.0. The number of hydrogen-bond acceptors (Lipinski definition) is 6. The number of urea groups is 1. The summed E-state index contributed by atoms with van der Waals surface area (Å²) in [6.45, 7) is 6.54. The Morgan fingerprint density at radius 2 is 1.80 bits per heavy atom. The lowest BCUT2D eigenvalue weighted by molar-refractivity contribution is 0.0205. The summed E-state index contributed by atoms with van der Waals surface area (Å²) in [5, 5.41) is 14.5. The second-order valence-electron chi connectivity index (χ2n) is 10.4. The van der Waals surface area contributed by atoms with Crippen molar-refractivity contribution >= 4 is 23.5 Å². The molecule has 0 radical (unpaired) electrons. The van der Waals surface area contributed by atoms with Crippen LogP contribution in [0.4, 0.5) is 25.4 Å². The minimum Gasteiger partial charge on any atom is -0.444 e. The van der Waals surface area contributed by atoms with Crippen LogP contribution in [-0.4, -0.2) is 50.8 Å². The maximum absolute atomic E-state index is 13.4. The van der Waals surface area contributed by atoms with E-state index in [0.29, 0.717) is 30.4 Å². The molecule has 3 aromatic rings. The molecule has 1 aliphatic rings. The van der Waals surface area contributed by atoms with Gasteiger partial charge in [0.2, 0.25) is 5.95 Å². The zero-order chi connectivity index (χ0) is 28.7. The predicted molar refractivity (Wildman–Crippen MR) is 149 cm³/mol. The average molecular weight is 546 g/mol. The molecule has 9 nitrogen and oxygen atoms in total. The van der Waals surface area contributed by atoms with Crippen LogP contribution >= 0.6 is 0 Å². The van der Waals surface area contributed by atoms with E-state index in [2.05, 4.69) is 44.6 Å². The Kier molecular flexibility index (Phi) is 8.97. The topological polar surface area (TPSA) is 117 Å². The SMILES string of the molecule is CC(C)(C)OC(=O)N1CCC(c2ccc(C#Cc3cc(NC(=O)Nc4cc(F)ncc4CO)ccn3)cc2)CC1. The smallest absolute Gasteiger partial charge is 0.410 e. The van der Waals surface area contributed by atoms with Gasteiger partial charge in [-0.3, -0.25) is 0 Å². The van der Waals surface area contributed by atoms with Gasteiger partial charge in [-0.25, -0.2) is 19.6 Å². The first kappa shape index (κ1) is 28.5. The van der Waals surface area contributed by atoms with Crippen molar-refractivity contribution in [3.8, 4) is 11.8 Å². The van der Waals surface area contributed by atoms with E-state index in [0.717, 1.165) is 30.7 Å². The summed E-state index contributed by atoms with van der Waals surface area (Å²) >= 11 is 0. The van der Waals surface area contributed by atoms with E-state index in [4.69, 9.17) is 4.74 Å². The molecule has 3 N–H and O–H groups in total. The molecule has 0 spiro atoms. The van der Waals surface area contributed by atoms with Gasteiger partial charge in [-0.2, -0.15) is 4.39 Å². The summed E-state index contributed by atoms with van der Waals surface area (Å²) in [7, 11) is 0. The Hall–Kier alpha value is -4.49. The third kappa shape index (κ3) is 8.01. The number of anilines is 2. The van der Waals surface area contributed by atoms with Crippen molar-refractivity contribution in [2.24, 2.45) is 0 Å². The number of aromatic nitrogens is 2. The van der Waals surface area contributed by atoms with E-state index >= 15 is 0 Å². The van der Waals surface area contributed by atoms with Gasteiger partial charge in [0.15, 0.2) is 0 Å². The first-order valence-electron chi connectivity index (χ1n) is 13.0. The van der Waals surface area contributed by atoms with E-state index in [-0.39, 0.29) is 17.3 Å². The average Bonchev–Trinajstić information content (AvgIpc) is 2.92. The zero-order valence-electron chi connectivity index (χ0n) is 22.7. The van der Waals surface area contributed by atoms with Crippen molar-refractivity contribution < 1.29 is 23.8 Å². The molecule has 208 valence electrons. The number of aliphatic hydroxyl groups excluding tert-OH is 1. The number of carbonyl (C=O) groups is 2. The molecule has 0 unspecified atom stereocenters. The molecule has 0 saturated carbocycles. The highest BCUT2D eigenvalue weighted by molar-refractivity contribution is 6.00. The lowest BCUT2D eigenvalue weighted by Gasteiger charge is -2.33. The number of rotatable bonds is 4. The monoisotopic (exact) mass is 545 g/mol. The highest BCUT2D eigenvalue weighted by Gasteiger charge is 2.27. The van der Waals surface area contributed by atoms with E-state index in [1.165, 1.54) is 11.8 Å². The van der Waals surface area contributed by atoms with Crippen molar-refractivity contribution in [3.05, 3.63) is 83.2 Å². The Morgan fingerprint density at radius 1 is 1.07 bits per heavy atom. The fraction of sp³-hybridized carbons (Fsp3) is 0.333. The molecular formula is C30H32FN5O4. The summed E-state index contributed by atoms with van der Waals surface area (Å²) < 4.78 is 18.9. The van der Waals surface area contributed by atoms with Crippen LogP contribution in [-0.2, 0) is 11.3 Å². The van der Waals surface area contributed by atoms with Crippen LogP contribution in [0, 0.1) is 17.8 Å². The third-order valence-corrected chi connectivity index (χ3v) is 6.25. The number of carbonyl (C=O) groups excluding carboxylic acids is 2. The highest BCUT2D eigenvalue weighted by Crippen LogP contribution is 2.29. The zero-order valence-corrected chi connectivity index (χ0v) is 22.7. The van der Waals surface area contributed by atoms with Crippen molar-refractivity contribution in [3.63, 3.8) is 0 Å². The number of amides is 3. The minimum absolute atomic E-state index is 0.124. The summed E-state index contributed by atoms with van der Waals surface area (Å²) in [4.78, 5) is 34.2. The molecule has 1 saturated heterocycles. The number of halogens is 1. The Balaban J connectivity index is 1.33. The van der Waals surface area contributed by atoms with E-state index < -0.39 is 24.2 Å². The second kappa shape index (κ2) is 12.6. The molecule has 3 amide bonds. The van der Waals surface area contributed by atoms with Crippen molar-refractivity contribution in [1.29, 1.82) is 0 Å². The van der Waals surface area contributed by atoms with E-state index in [9.17, 15) is 19.1 Å². The number of likely N-dealkylation sites (tertiary alicyclic amines) is 1. The van der Waals surface area contributed by atoms with Crippen molar-refractivity contribution in [2.75, 3.05) is 23.7 Å². The molecule has 40 heavy (non-hydrogen) atoms. The maximum Gasteiger partial charge on any atom is 0.410 e. The molecule has 10 heteroatoms. The van der Waals surface area contributed by atoms with Crippen LogP contribution in [0.3, 0.4) is 0 Å². The number of benzene rings is 1. The van der Waals surface area contributed by atoms with Gasteiger partial charge in [-0.05, 0) is 75.3 Å². The molecule has 3 heterocycles. The lowest BCUT2D eigenvalue weighted by atomic mass is 9.89. The molecule has 2 aromatic heterocycles. The summed E-state index contributed by atoms with van der Waals surface area (Å²) in [6, 6.07) is 11.7. The Labute approximate surface area is 232 Å². The number of hydrogen-bond donors (Lipinski definition) is 3. The standard InChI is InChI=1S/C30H32FN5O4/c1-30(2,3)40-29(39)36-14-11-22(12-15-36)21-7-4-20(5-8-21)6-9-24-16-25(10-13-32-24)34-28(38)35-26-17-27(31)33-18-23(26)19-37/h4-5,7-8,10,13,16-18,22,37H,11-12,14-15,19H2,1-3H3,(H2,32,33,34,35,38). The lowest BCUT2D eigenvalue weighted by Crippen LogP contribution is -2.41. The molecule has 1 aliphatic heterocycles. The van der Waals surface area contributed by atoms with Gasteiger partial charge in [-0.1, -0.05) is 18.1 Å². The molecule has 0 aliphatic carbocycles. The number of nitrogens with one attached hydrogen (secondary N) is 2. The summed E-state index contributed by atoms with van der Waals surface area (Å²) in [5.74, 6) is 5.69. The van der Waals surface area contributed by atoms with Gasteiger partial charge in [-0.15, -0.1) is 0 Å². The fourth-order valence-corrected chi connectivity index (χ4v) is 4.26. The van der Waals surface area contributed by atoms with E-state index in [1.807, 2.05) is 32.9 Å². The maximum atomic E-state index is 13.4. The second-order valence-corrected chi connectivity index (χ2v) is 10.4. The van der Waals surface area contributed by atoms with Crippen LogP contribution in [0.1, 0.15) is 61.9 Å². The highest BCUT2D eigenvalue weighted by atomic mass is 19.1. The minimum atomic E-state index is -0.773. The van der Waals surface area contributed by atoms with Gasteiger partial charge in [0.05, 0.1) is 12.3 Å². The summed E-state index contributed by atoms with van der Waals surface area (Å²) in [5.41, 5.74) is 2.86. The number of nitrogens with zero attached hydrogens (tertiary/aromatic N) is 3. The van der Waals surface area contributed by atoms with Crippen LogP contribution in [0.5, 0.6) is 0 Å². The van der Waals surface area contributed by atoms with Crippen LogP contribution in [0.25, 0.3) is 0 Å². The molecule has 0 atom stereocenters. The number of aliphatic hydroxyl groups is 1. The predicted octanol–water partition coefficient (Wildman–Crippen LogP) is 5.27. The van der Waals surface area contributed by atoms with Gasteiger partial charge in [0.25, 0.3) is 0 Å². The normalized spacial score (nSPS) is 13.7. The van der Waals surface area contributed by atoms with Crippen molar-refractivity contribution in [1.82, 2.24) is 14.9 Å². The van der Waals surface area contributed by atoms with Gasteiger partial charge in [0.1, 0.15) is 11.3 Å². The van der Waals surface area contributed by atoms with Crippen LogP contribution in [0.2, 0.25) is 0 Å². The number of piperidine rings is 1. The number of ether oxygens (including phenoxy) is 1. The molecule has 4 rings (SSSR count). The molecule has 1 aromatic carbocycles. The largest absolute Gasteiger partial charge is 0.444 e.